The first-order valence-electron chi connectivity index (χ1n) is 3.72. The Hall–Kier alpha value is -0.170. The monoisotopic (exact) mass is 308 g/mol. The Bertz CT molecular complexity index is 380. The van der Waals surface area contributed by atoms with Gasteiger partial charge in [-0.05, 0) is 40.8 Å². The number of aliphatic imine (C=N–C) groups is 1. The minimum atomic E-state index is -0.101. The van der Waals surface area contributed by atoms with E-state index in [0.717, 1.165) is 14.8 Å². The van der Waals surface area contributed by atoms with Crippen molar-refractivity contribution in [3.05, 3.63) is 32.5 Å². The highest BCUT2D eigenvalue weighted by atomic mass is 127. The number of hydrogen-bond acceptors (Lipinski definition) is 2. The van der Waals surface area contributed by atoms with Gasteiger partial charge in [-0.1, -0.05) is 0 Å². The summed E-state index contributed by atoms with van der Waals surface area (Å²) in [5.41, 5.74) is 1.77. The summed E-state index contributed by atoms with van der Waals surface area (Å²) in [5, 5.41) is 11.2. The first kappa shape index (κ1) is 9.39. The van der Waals surface area contributed by atoms with Crippen LogP contribution in [0.3, 0.4) is 0 Å². The predicted molar refractivity (Wildman–Crippen MR) is 60.1 cm³/mol. The summed E-state index contributed by atoms with van der Waals surface area (Å²) >= 11 is 7.84. The van der Waals surface area contributed by atoms with Gasteiger partial charge in [-0.2, -0.15) is 4.99 Å². The highest BCUT2D eigenvalue weighted by molar-refractivity contribution is 14.1. The maximum Gasteiger partial charge on any atom is 0.299 e. The molecule has 0 aromatic heterocycles. The van der Waals surface area contributed by atoms with Crippen molar-refractivity contribution in [3.63, 3.8) is 0 Å². The minimum absolute atomic E-state index is 0.0914. The van der Waals surface area contributed by atoms with E-state index < -0.39 is 0 Å². The Morgan fingerprint density at radius 2 is 2.31 bits per heavy atom. The number of hydrogen-bond donors (Lipinski definition) is 1. The summed E-state index contributed by atoms with van der Waals surface area (Å²) in [6.07, 6.45) is 0. The van der Waals surface area contributed by atoms with Gasteiger partial charge in [0.05, 0.1) is 5.69 Å². The van der Waals surface area contributed by atoms with Crippen molar-refractivity contribution >= 4 is 45.2 Å². The van der Waals surface area contributed by atoms with E-state index >= 15 is 0 Å². The van der Waals surface area contributed by atoms with Crippen molar-refractivity contribution in [1.29, 1.82) is 0 Å². The fourth-order valence-corrected chi connectivity index (χ4v) is 1.93. The van der Waals surface area contributed by atoms with E-state index in [1.165, 1.54) is 0 Å². The van der Waals surface area contributed by atoms with E-state index in [-0.39, 0.29) is 10.4 Å². The third kappa shape index (κ3) is 1.85. The molecule has 0 amide bonds. The maximum absolute atomic E-state index is 11.2. The van der Waals surface area contributed by atoms with Gasteiger partial charge in [-0.15, -0.1) is 0 Å². The first-order chi connectivity index (χ1) is 6.16. The molecule has 68 valence electrons. The second-order valence-corrected chi connectivity index (χ2v) is 4.38. The molecular weight excluding hydrogens is 302 g/mol. The van der Waals surface area contributed by atoms with E-state index in [1.54, 1.807) is 0 Å². The fraction of sp³-hybridized carbons (Fsp3) is 0.125. The smallest absolute Gasteiger partial charge is 0.299 e. The summed E-state index contributed by atoms with van der Waals surface area (Å²) in [5.74, 6) is 0. The van der Waals surface area contributed by atoms with Gasteiger partial charge in [0.15, 0.2) is 0 Å². The van der Waals surface area contributed by atoms with Crippen LogP contribution in [0.1, 0.15) is 5.56 Å². The van der Waals surface area contributed by atoms with Crippen LogP contribution in [-0.2, 0) is 6.54 Å². The zero-order chi connectivity index (χ0) is 9.42. The van der Waals surface area contributed by atoms with Gasteiger partial charge in [0.1, 0.15) is 6.54 Å². The molecule has 0 spiro atoms. The van der Waals surface area contributed by atoms with Gasteiger partial charge in [-0.25, -0.2) is 0 Å². The standard InChI is InChI=1S/C8H6ClIN2O/c9-8-11-7-2-1-6(10)3-5(7)4-12(8)13/h1-3,12H,4H2. The molecule has 1 heterocycles. The molecule has 3 nitrogen and oxygen atoms in total. The number of nitrogens with zero attached hydrogens (tertiary/aromatic N) is 1. The maximum atomic E-state index is 11.2. The summed E-state index contributed by atoms with van der Waals surface area (Å²) in [7, 11) is 0. The number of rotatable bonds is 0. The second kappa shape index (κ2) is 3.53. The summed E-state index contributed by atoms with van der Waals surface area (Å²) in [6.45, 7) is 0.370. The van der Waals surface area contributed by atoms with E-state index in [2.05, 4.69) is 27.6 Å². The molecule has 0 radical (unpaired) electrons. The minimum Gasteiger partial charge on any atom is -0.627 e. The number of amidine groups is 1. The van der Waals surface area contributed by atoms with Gasteiger partial charge in [-0.3, -0.25) is 0 Å². The van der Waals surface area contributed by atoms with Gasteiger partial charge in [0.2, 0.25) is 0 Å². The molecule has 0 saturated carbocycles. The van der Waals surface area contributed by atoms with Crippen LogP contribution in [0.5, 0.6) is 0 Å². The van der Waals surface area contributed by atoms with Crippen molar-refractivity contribution in [2.45, 2.75) is 6.54 Å². The van der Waals surface area contributed by atoms with Crippen LogP contribution < -0.4 is 5.06 Å². The third-order valence-corrected chi connectivity index (χ3v) is 2.81. The van der Waals surface area contributed by atoms with Gasteiger partial charge in [0, 0.05) is 20.7 Å². The van der Waals surface area contributed by atoms with Crippen LogP contribution in [0, 0.1) is 8.78 Å². The Morgan fingerprint density at radius 3 is 3.08 bits per heavy atom. The topological polar surface area (TPSA) is 39.9 Å². The normalized spacial score (nSPS) is 20.8. The van der Waals surface area contributed by atoms with Crippen LogP contribution in [-0.4, -0.2) is 5.29 Å². The molecule has 0 fully saturated rings. The van der Waals surface area contributed by atoms with Crippen molar-refractivity contribution in [2.75, 3.05) is 0 Å². The average molecular weight is 309 g/mol. The Morgan fingerprint density at radius 1 is 1.54 bits per heavy atom. The molecule has 5 heteroatoms. The van der Waals surface area contributed by atoms with Gasteiger partial charge < -0.3 is 10.3 Å². The van der Waals surface area contributed by atoms with Gasteiger partial charge >= 0.3 is 0 Å². The lowest BCUT2D eigenvalue weighted by atomic mass is 10.1. The molecule has 1 aromatic carbocycles. The number of nitrogens with one attached hydrogen (secondary N) is 1. The van der Waals surface area contributed by atoms with Crippen molar-refractivity contribution < 1.29 is 5.06 Å². The zero-order valence-electron chi connectivity index (χ0n) is 6.55. The van der Waals surface area contributed by atoms with Crippen molar-refractivity contribution in [1.82, 2.24) is 0 Å². The lowest BCUT2D eigenvalue weighted by molar-refractivity contribution is -0.760. The molecule has 1 aliphatic rings. The average Bonchev–Trinajstić information content (AvgIpc) is 2.08. The Labute approximate surface area is 94.1 Å². The zero-order valence-corrected chi connectivity index (χ0v) is 9.46. The molecule has 1 aliphatic heterocycles. The summed E-state index contributed by atoms with van der Waals surface area (Å²) in [6, 6.07) is 5.79. The van der Waals surface area contributed by atoms with Crippen LogP contribution in [0.4, 0.5) is 5.69 Å². The van der Waals surface area contributed by atoms with E-state index in [1.807, 2.05) is 18.2 Å². The Kier molecular flexibility index (Phi) is 2.55. The Balaban J connectivity index is 2.50. The fourth-order valence-electron chi connectivity index (χ4n) is 1.22. The highest BCUT2D eigenvalue weighted by Gasteiger charge is 2.16. The molecular formula is C8H6ClIN2O. The highest BCUT2D eigenvalue weighted by Crippen LogP contribution is 2.23. The van der Waals surface area contributed by atoms with E-state index in [0.29, 0.717) is 6.54 Å². The molecule has 0 bridgehead atoms. The van der Waals surface area contributed by atoms with E-state index in [9.17, 15) is 5.21 Å². The van der Waals surface area contributed by atoms with Gasteiger partial charge in [0.25, 0.3) is 5.29 Å². The SMILES string of the molecule is [O-][NH+]1Cc2cc(I)ccc2N=C1Cl. The molecule has 2 rings (SSSR count). The lowest BCUT2D eigenvalue weighted by Gasteiger charge is -2.23. The number of fused-ring (bicyclic) bond motifs is 1. The number of benzene rings is 1. The molecule has 1 unspecified atom stereocenters. The van der Waals surface area contributed by atoms with Crippen LogP contribution >= 0.6 is 34.2 Å². The second-order valence-electron chi connectivity index (χ2n) is 2.78. The van der Waals surface area contributed by atoms with Crippen molar-refractivity contribution in [2.24, 2.45) is 4.99 Å². The predicted octanol–water partition coefficient (Wildman–Crippen LogP) is 1.41. The number of halogens is 2. The van der Waals surface area contributed by atoms with Crippen LogP contribution in [0.15, 0.2) is 23.2 Å². The first-order valence-corrected chi connectivity index (χ1v) is 5.18. The van der Waals surface area contributed by atoms with E-state index in [4.69, 9.17) is 11.6 Å². The lowest BCUT2D eigenvalue weighted by Crippen LogP contribution is -3.08. The van der Waals surface area contributed by atoms with Crippen molar-refractivity contribution in [3.8, 4) is 0 Å². The third-order valence-electron chi connectivity index (χ3n) is 1.84. The van der Waals surface area contributed by atoms with Crippen LogP contribution in [0.2, 0.25) is 0 Å². The summed E-state index contributed by atoms with van der Waals surface area (Å²) < 4.78 is 1.11. The molecule has 13 heavy (non-hydrogen) atoms. The molecule has 1 N–H and O–H groups in total. The molecule has 1 atom stereocenters. The number of hydroxylamine groups is 2. The largest absolute Gasteiger partial charge is 0.627 e. The molecule has 0 saturated heterocycles. The molecule has 0 aliphatic carbocycles. The van der Waals surface area contributed by atoms with Crippen LogP contribution in [0.25, 0.3) is 0 Å². The quantitative estimate of drug-likeness (QED) is 0.439. The number of quaternary nitrogens is 1. The molecule has 1 aromatic rings. The summed E-state index contributed by atoms with van der Waals surface area (Å²) in [4.78, 5) is 4.00.